The molecule has 1 N–H and O–H groups in total. The van der Waals surface area contributed by atoms with Crippen LogP contribution in [0.3, 0.4) is 0 Å². The first-order chi connectivity index (χ1) is 9.89. The third-order valence-corrected chi connectivity index (χ3v) is 5.55. The Bertz CT molecular complexity index is 546. The maximum atomic E-state index is 12.8. The van der Waals surface area contributed by atoms with Gasteiger partial charge >= 0.3 is 6.18 Å². The van der Waals surface area contributed by atoms with Gasteiger partial charge in [0.25, 0.3) is 5.91 Å². The molecule has 114 valence electrons. The molecule has 1 aromatic rings. The Morgan fingerprint density at radius 3 is 2.57 bits per heavy atom. The van der Waals surface area contributed by atoms with Crippen LogP contribution in [0, 0.1) is 0 Å². The Morgan fingerprint density at radius 2 is 1.95 bits per heavy atom. The Hall–Kier alpha value is -1.22. The number of carbonyl (C=O) groups is 2. The second-order valence-electron chi connectivity index (χ2n) is 4.16. The Kier molecular flexibility index (Phi) is 5.15. The lowest BCUT2D eigenvalue weighted by atomic mass is 10.1. The highest BCUT2D eigenvalue weighted by molar-refractivity contribution is 8.18. The summed E-state index contributed by atoms with van der Waals surface area (Å²) >= 11 is 2.76. The van der Waals surface area contributed by atoms with Gasteiger partial charge in [-0.25, -0.2) is 0 Å². The van der Waals surface area contributed by atoms with E-state index in [1.807, 2.05) is 5.32 Å². The second-order valence-corrected chi connectivity index (χ2v) is 6.89. The first kappa shape index (κ1) is 16.2. The molecule has 21 heavy (non-hydrogen) atoms. The number of pyridine rings is 1. The van der Waals surface area contributed by atoms with E-state index in [0.717, 1.165) is 30.3 Å². The molecule has 1 aliphatic rings. The van der Waals surface area contributed by atoms with Crippen molar-refractivity contribution in [3.05, 3.63) is 29.6 Å². The van der Waals surface area contributed by atoms with E-state index in [9.17, 15) is 22.8 Å². The maximum absolute atomic E-state index is 12.8. The Labute approximate surface area is 127 Å². The van der Waals surface area contributed by atoms with Gasteiger partial charge in [-0.3, -0.25) is 19.9 Å². The van der Waals surface area contributed by atoms with Gasteiger partial charge in [0.1, 0.15) is 4.58 Å². The first-order valence-corrected chi connectivity index (χ1v) is 8.09. The highest BCUT2D eigenvalue weighted by Gasteiger charge is 2.36. The van der Waals surface area contributed by atoms with Gasteiger partial charge < -0.3 is 0 Å². The molecule has 0 atom stereocenters. The van der Waals surface area contributed by atoms with E-state index in [1.54, 1.807) is 0 Å². The van der Waals surface area contributed by atoms with Crippen LogP contribution in [0.5, 0.6) is 0 Å². The lowest BCUT2D eigenvalue weighted by molar-refractivity contribution is -0.138. The fourth-order valence-corrected chi connectivity index (χ4v) is 4.32. The largest absolute Gasteiger partial charge is 0.417 e. The second kappa shape index (κ2) is 6.69. The average molecular weight is 336 g/mol. The monoisotopic (exact) mass is 336 g/mol. The number of halogens is 3. The average Bonchev–Trinajstić information content (AvgIpc) is 2.47. The Balaban J connectivity index is 2.12. The molecule has 9 heteroatoms. The van der Waals surface area contributed by atoms with Crippen LogP contribution in [0.2, 0.25) is 0 Å². The molecule has 0 unspecified atom stereocenters. The van der Waals surface area contributed by atoms with Gasteiger partial charge in [-0.15, -0.1) is 23.5 Å². The number of alkyl halides is 3. The van der Waals surface area contributed by atoms with Crippen molar-refractivity contribution >= 4 is 35.3 Å². The third-order valence-electron chi connectivity index (χ3n) is 2.65. The van der Waals surface area contributed by atoms with Crippen LogP contribution in [0.25, 0.3) is 0 Å². The molecular formula is C12H11F3N2O2S2. The van der Waals surface area contributed by atoms with E-state index in [2.05, 4.69) is 4.98 Å². The molecule has 0 aromatic carbocycles. The molecular weight excluding hydrogens is 325 g/mol. The van der Waals surface area contributed by atoms with Crippen molar-refractivity contribution < 1.29 is 22.8 Å². The lowest BCUT2D eigenvalue weighted by Gasteiger charge is -2.20. The van der Waals surface area contributed by atoms with Gasteiger partial charge in [0.15, 0.2) is 0 Å². The standard InChI is InChI=1S/C12H11F3N2O2S2/c13-12(14,15)8-2-3-16-6-7(8)9(18)17-10(19)11-20-4-1-5-21-11/h2-3,6,11H,1,4-5H2,(H,17,18,19). The number of imide groups is 1. The van der Waals surface area contributed by atoms with Gasteiger partial charge in [-0.05, 0) is 24.0 Å². The van der Waals surface area contributed by atoms with Crippen LogP contribution >= 0.6 is 23.5 Å². The zero-order valence-corrected chi connectivity index (χ0v) is 12.3. The molecule has 2 amide bonds. The maximum Gasteiger partial charge on any atom is 0.417 e. The number of nitrogens with zero attached hydrogens (tertiary/aromatic N) is 1. The SMILES string of the molecule is O=C(NC(=O)C1SCCCS1)c1cnccc1C(F)(F)F. The highest BCUT2D eigenvalue weighted by atomic mass is 32.2. The summed E-state index contributed by atoms with van der Waals surface area (Å²) in [7, 11) is 0. The van der Waals surface area contributed by atoms with Crippen molar-refractivity contribution in [1.82, 2.24) is 10.3 Å². The van der Waals surface area contributed by atoms with Gasteiger partial charge in [-0.1, -0.05) is 0 Å². The van der Waals surface area contributed by atoms with Crippen LogP contribution in [-0.4, -0.2) is 32.9 Å². The summed E-state index contributed by atoms with van der Waals surface area (Å²) in [6, 6.07) is 0.712. The predicted octanol–water partition coefficient (Wildman–Crippen LogP) is 2.55. The van der Waals surface area contributed by atoms with Crippen LogP contribution in [0.15, 0.2) is 18.5 Å². The van der Waals surface area contributed by atoms with Crippen LogP contribution in [0.4, 0.5) is 13.2 Å². The van der Waals surface area contributed by atoms with Gasteiger partial charge in [0.05, 0.1) is 11.1 Å². The van der Waals surface area contributed by atoms with Crippen LogP contribution in [0.1, 0.15) is 22.3 Å². The topological polar surface area (TPSA) is 59.1 Å². The number of carbonyl (C=O) groups excluding carboxylic acids is 2. The summed E-state index contributed by atoms with van der Waals surface area (Å²) in [4.78, 5) is 27.3. The fraction of sp³-hybridized carbons (Fsp3) is 0.417. The van der Waals surface area contributed by atoms with Crippen molar-refractivity contribution in [1.29, 1.82) is 0 Å². The van der Waals surface area contributed by atoms with Crippen molar-refractivity contribution in [3.63, 3.8) is 0 Å². The predicted molar refractivity (Wildman–Crippen MR) is 75.0 cm³/mol. The zero-order chi connectivity index (χ0) is 15.5. The number of thioether (sulfide) groups is 2. The minimum absolute atomic E-state index is 0.464. The van der Waals surface area contributed by atoms with E-state index in [1.165, 1.54) is 23.5 Å². The summed E-state index contributed by atoms with van der Waals surface area (Å²) in [5, 5.41) is 2.02. The number of rotatable bonds is 2. The zero-order valence-electron chi connectivity index (χ0n) is 10.6. The van der Waals surface area contributed by atoms with Crippen molar-refractivity contribution in [2.24, 2.45) is 0 Å². The van der Waals surface area contributed by atoms with Crippen LogP contribution < -0.4 is 5.32 Å². The highest BCUT2D eigenvalue weighted by Crippen LogP contribution is 2.32. The number of nitrogens with one attached hydrogen (secondary N) is 1. The third kappa shape index (κ3) is 4.13. The van der Waals surface area contributed by atoms with Crippen molar-refractivity contribution in [2.75, 3.05) is 11.5 Å². The molecule has 0 radical (unpaired) electrons. The normalized spacial score (nSPS) is 16.5. The summed E-state index contributed by atoms with van der Waals surface area (Å²) in [5.41, 5.74) is -1.75. The van der Waals surface area contributed by atoms with Gasteiger partial charge in [0.2, 0.25) is 5.91 Å². The molecule has 1 aliphatic heterocycles. The van der Waals surface area contributed by atoms with Gasteiger partial charge in [0, 0.05) is 12.4 Å². The number of hydrogen-bond acceptors (Lipinski definition) is 5. The summed E-state index contributed by atoms with van der Waals surface area (Å²) in [6.07, 6.45) is -1.94. The minimum atomic E-state index is -4.67. The summed E-state index contributed by atoms with van der Waals surface area (Å²) in [5.74, 6) is -0.0705. The van der Waals surface area contributed by atoms with E-state index in [4.69, 9.17) is 0 Å². The van der Waals surface area contributed by atoms with E-state index >= 15 is 0 Å². The molecule has 0 bridgehead atoms. The fourth-order valence-electron chi connectivity index (χ4n) is 1.70. The quantitative estimate of drug-likeness (QED) is 0.841. The Morgan fingerprint density at radius 1 is 1.29 bits per heavy atom. The van der Waals surface area contributed by atoms with E-state index in [0.29, 0.717) is 6.07 Å². The number of amides is 2. The molecule has 0 spiro atoms. The van der Waals surface area contributed by atoms with Crippen molar-refractivity contribution in [3.8, 4) is 0 Å². The number of aromatic nitrogens is 1. The molecule has 2 rings (SSSR count). The molecule has 1 fully saturated rings. The molecule has 0 saturated carbocycles. The molecule has 1 saturated heterocycles. The minimum Gasteiger partial charge on any atom is -0.291 e. The number of hydrogen-bond donors (Lipinski definition) is 1. The van der Waals surface area contributed by atoms with E-state index < -0.39 is 33.7 Å². The van der Waals surface area contributed by atoms with Crippen LogP contribution in [-0.2, 0) is 11.0 Å². The van der Waals surface area contributed by atoms with Gasteiger partial charge in [-0.2, -0.15) is 13.2 Å². The van der Waals surface area contributed by atoms with Crippen molar-refractivity contribution in [2.45, 2.75) is 17.2 Å². The first-order valence-electron chi connectivity index (χ1n) is 5.99. The lowest BCUT2D eigenvalue weighted by Crippen LogP contribution is -2.38. The molecule has 1 aromatic heterocycles. The summed E-state index contributed by atoms with van der Waals surface area (Å²) in [6.45, 7) is 0. The smallest absolute Gasteiger partial charge is 0.291 e. The van der Waals surface area contributed by atoms with E-state index in [-0.39, 0.29) is 0 Å². The molecule has 4 nitrogen and oxygen atoms in total. The molecule has 2 heterocycles. The summed E-state index contributed by atoms with van der Waals surface area (Å²) < 4.78 is 37.9. The molecule has 0 aliphatic carbocycles.